The summed E-state index contributed by atoms with van der Waals surface area (Å²) < 4.78 is 4.51. The van der Waals surface area contributed by atoms with Crippen molar-refractivity contribution in [1.29, 1.82) is 0 Å². The molecule has 156 valence electrons. The van der Waals surface area contributed by atoms with E-state index >= 15 is 0 Å². The molecule has 30 heavy (non-hydrogen) atoms. The van der Waals surface area contributed by atoms with Crippen molar-refractivity contribution >= 4 is 45.6 Å². The van der Waals surface area contributed by atoms with Gasteiger partial charge >= 0.3 is 0 Å². The SMILES string of the molecule is Cc1cc(NC(=O)Cn2nc(CNC(=O)c3ccccc3C)n(C)c2=S)ccc1Br. The molecule has 0 aliphatic heterocycles. The van der Waals surface area contributed by atoms with Crippen LogP contribution in [0.3, 0.4) is 0 Å². The second-order valence-corrected chi connectivity index (χ2v) is 8.14. The summed E-state index contributed by atoms with van der Waals surface area (Å²) in [7, 11) is 1.76. The van der Waals surface area contributed by atoms with Crippen LogP contribution in [-0.4, -0.2) is 26.2 Å². The molecular weight excluding hydrogens is 466 g/mol. The smallest absolute Gasteiger partial charge is 0.251 e. The van der Waals surface area contributed by atoms with Crippen LogP contribution in [0.1, 0.15) is 27.3 Å². The number of hydrogen-bond acceptors (Lipinski definition) is 4. The van der Waals surface area contributed by atoms with E-state index in [1.807, 2.05) is 50.2 Å². The van der Waals surface area contributed by atoms with Crippen LogP contribution in [0.15, 0.2) is 46.9 Å². The van der Waals surface area contributed by atoms with Crippen LogP contribution in [-0.2, 0) is 24.9 Å². The van der Waals surface area contributed by atoms with Gasteiger partial charge in [-0.05, 0) is 61.5 Å². The summed E-state index contributed by atoms with van der Waals surface area (Å²) in [6.45, 7) is 4.02. The fraction of sp³-hybridized carbons (Fsp3) is 0.238. The Kier molecular flexibility index (Phi) is 6.84. The second-order valence-electron chi connectivity index (χ2n) is 6.93. The van der Waals surface area contributed by atoms with Crippen LogP contribution in [0.2, 0.25) is 0 Å². The molecule has 0 unspecified atom stereocenters. The highest BCUT2D eigenvalue weighted by molar-refractivity contribution is 9.10. The second kappa shape index (κ2) is 9.36. The van der Waals surface area contributed by atoms with Crippen molar-refractivity contribution in [1.82, 2.24) is 19.7 Å². The molecule has 2 aromatic carbocycles. The van der Waals surface area contributed by atoms with Crippen molar-refractivity contribution < 1.29 is 9.59 Å². The summed E-state index contributed by atoms with van der Waals surface area (Å²) in [5.41, 5.74) is 3.24. The lowest BCUT2D eigenvalue weighted by Crippen LogP contribution is -2.25. The predicted molar refractivity (Wildman–Crippen MR) is 122 cm³/mol. The highest BCUT2D eigenvalue weighted by atomic mass is 79.9. The van der Waals surface area contributed by atoms with Crippen molar-refractivity contribution in [2.45, 2.75) is 26.9 Å². The number of anilines is 1. The van der Waals surface area contributed by atoms with Gasteiger partial charge in [0.15, 0.2) is 10.6 Å². The molecular formula is C21H22BrN5O2S. The van der Waals surface area contributed by atoms with E-state index in [2.05, 4.69) is 31.7 Å². The summed E-state index contributed by atoms with van der Waals surface area (Å²) in [4.78, 5) is 24.9. The van der Waals surface area contributed by atoms with Crippen molar-refractivity contribution in [3.63, 3.8) is 0 Å². The van der Waals surface area contributed by atoms with Gasteiger partial charge in [-0.15, -0.1) is 0 Å². The molecule has 0 aliphatic carbocycles. The van der Waals surface area contributed by atoms with Crippen molar-refractivity contribution in [3.8, 4) is 0 Å². The third-order valence-corrected chi connectivity index (χ3v) is 6.04. The van der Waals surface area contributed by atoms with Crippen LogP contribution >= 0.6 is 28.1 Å². The first-order chi connectivity index (χ1) is 14.3. The average molecular weight is 488 g/mol. The molecule has 9 heteroatoms. The number of hydrogen-bond donors (Lipinski definition) is 2. The van der Waals surface area contributed by atoms with Gasteiger partial charge in [-0.25, -0.2) is 4.68 Å². The Bertz CT molecular complexity index is 1170. The van der Waals surface area contributed by atoms with Crippen LogP contribution in [0.5, 0.6) is 0 Å². The zero-order valence-electron chi connectivity index (χ0n) is 16.9. The van der Waals surface area contributed by atoms with Gasteiger partial charge in [-0.1, -0.05) is 34.1 Å². The number of halogens is 1. The zero-order valence-corrected chi connectivity index (χ0v) is 19.3. The van der Waals surface area contributed by atoms with Crippen LogP contribution in [0, 0.1) is 18.6 Å². The van der Waals surface area contributed by atoms with Crippen molar-refractivity contribution in [2.75, 3.05) is 5.32 Å². The molecule has 0 saturated heterocycles. The third kappa shape index (κ3) is 5.03. The number of carbonyl (C=O) groups is 2. The summed E-state index contributed by atoms with van der Waals surface area (Å²) in [6, 6.07) is 13.0. The molecule has 2 amide bonds. The van der Waals surface area contributed by atoms with Crippen molar-refractivity contribution in [3.05, 3.63) is 74.2 Å². The largest absolute Gasteiger partial charge is 0.345 e. The topological polar surface area (TPSA) is 81.0 Å². The molecule has 0 radical (unpaired) electrons. The molecule has 3 aromatic rings. The van der Waals surface area contributed by atoms with Gasteiger partial charge in [0, 0.05) is 22.8 Å². The minimum atomic E-state index is -0.235. The Morgan fingerprint density at radius 1 is 1.13 bits per heavy atom. The standard InChI is InChI=1S/C21H22BrN5O2S/c1-13-6-4-5-7-16(13)20(29)23-11-18-25-27(21(30)26(18)3)12-19(28)24-15-8-9-17(22)14(2)10-15/h4-10H,11-12H2,1-3H3,(H,23,29)(H,24,28). The highest BCUT2D eigenvalue weighted by Gasteiger charge is 2.14. The number of carbonyl (C=O) groups excluding carboxylic acids is 2. The molecule has 0 atom stereocenters. The lowest BCUT2D eigenvalue weighted by molar-refractivity contribution is -0.116. The highest BCUT2D eigenvalue weighted by Crippen LogP contribution is 2.20. The van der Waals surface area contributed by atoms with Gasteiger partial charge in [0.05, 0.1) is 6.54 Å². The molecule has 0 aliphatic rings. The molecule has 0 bridgehead atoms. The fourth-order valence-electron chi connectivity index (χ4n) is 2.93. The van der Waals surface area contributed by atoms with Gasteiger partial charge < -0.3 is 15.2 Å². The quantitative estimate of drug-likeness (QED) is 0.516. The van der Waals surface area contributed by atoms with Gasteiger partial charge in [-0.3, -0.25) is 9.59 Å². The lowest BCUT2D eigenvalue weighted by Gasteiger charge is -2.07. The first-order valence-corrected chi connectivity index (χ1v) is 10.5. The summed E-state index contributed by atoms with van der Waals surface area (Å²) in [5, 5.41) is 10.1. The van der Waals surface area contributed by atoms with Crippen LogP contribution in [0.4, 0.5) is 5.69 Å². The van der Waals surface area contributed by atoms with E-state index in [0.29, 0.717) is 21.8 Å². The summed E-state index contributed by atoms with van der Waals surface area (Å²) >= 11 is 8.83. The van der Waals surface area contributed by atoms with E-state index in [-0.39, 0.29) is 24.9 Å². The number of nitrogens with one attached hydrogen (secondary N) is 2. The molecule has 2 N–H and O–H groups in total. The van der Waals surface area contributed by atoms with E-state index < -0.39 is 0 Å². The number of aryl methyl sites for hydroxylation is 2. The zero-order chi connectivity index (χ0) is 21.8. The third-order valence-electron chi connectivity index (χ3n) is 4.66. The molecule has 0 spiro atoms. The Morgan fingerprint density at radius 2 is 1.87 bits per heavy atom. The maximum absolute atomic E-state index is 12.4. The summed E-state index contributed by atoms with van der Waals surface area (Å²) in [6.07, 6.45) is 0. The minimum absolute atomic E-state index is 0.0203. The van der Waals surface area contributed by atoms with E-state index in [1.54, 1.807) is 17.7 Å². The first kappa shape index (κ1) is 21.9. The summed E-state index contributed by atoms with van der Waals surface area (Å²) in [5.74, 6) is 0.146. The van der Waals surface area contributed by atoms with Crippen LogP contribution in [0.25, 0.3) is 0 Å². The number of amides is 2. The number of benzene rings is 2. The average Bonchev–Trinajstić information content (AvgIpc) is 2.97. The number of rotatable bonds is 6. The maximum atomic E-state index is 12.4. The van der Waals surface area contributed by atoms with Crippen LogP contribution < -0.4 is 10.6 Å². The van der Waals surface area contributed by atoms with E-state index in [0.717, 1.165) is 15.6 Å². The Hall–Kier alpha value is -2.78. The van der Waals surface area contributed by atoms with Gasteiger partial charge in [-0.2, -0.15) is 5.10 Å². The normalized spacial score (nSPS) is 10.7. The van der Waals surface area contributed by atoms with E-state index in [1.165, 1.54) is 4.68 Å². The Balaban J connectivity index is 1.66. The molecule has 7 nitrogen and oxygen atoms in total. The minimum Gasteiger partial charge on any atom is -0.345 e. The van der Waals surface area contributed by atoms with Gasteiger partial charge in [0.2, 0.25) is 5.91 Å². The van der Waals surface area contributed by atoms with E-state index in [9.17, 15) is 9.59 Å². The predicted octanol–water partition coefficient (Wildman–Crippen LogP) is 3.90. The number of aromatic nitrogens is 3. The van der Waals surface area contributed by atoms with Gasteiger partial charge in [0.25, 0.3) is 5.91 Å². The molecule has 1 aromatic heterocycles. The maximum Gasteiger partial charge on any atom is 0.251 e. The van der Waals surface area contributed by atoms with E-state index in [4.69, 9.17) is 12.2 Å². The Morgan fingerprint density at radius 3 is 2.57 bits per heavy atom. The van der Waals surface area contributed by atoms with Gasteiger partial charge in [0.1, 0.15) is 6.54 Å². The Labute approximate surface area is 188 Å². The molecule has 0 fully saturated rings. The molecule has 3 rings (SSSR count). The molecule has 0 saturated carbocycles. The van der Waals surface area contributed by atoms with Crippen molar-refractivity contribution in [2.24, 2.45) is 7.05 Å². The molecule has 1 heterocycles. The lowest BCUT2D eigenvalue weighted by atomic mass is 10.1. The fourth-order valence-corrected chi connectivity index (χ4v) is 3.39. The first-order valence-electron chi connectivity index (χ1n) is 9.29. The monoisotopic (exact) mass is 487 g/mol. The number of nitrogens with zero attached hydrogens (tertiary/aromatic N) is 3.